The number of carboxylic acid groups (broad SMARTS) is 1. The molecular weight excluding hydrogens is 270 g/mol. The van der Waals surface area contributed by atoms with Crippen molar-refractivity contribution in [1.29, 1.82) is 0 Å². The fourth-order valence-electron chi connectivity index (χ4n) is 2.52. The van der Waals surface area contributed by atoms with Crippen molar-refractivity contribution in [2.75, 3.05) is 11.9 Å². The van der Waals surface area contributed by atoms with Crippen LogP contribution in [-0.2, 0) is 4.74 Å². The van der Waals surface area contributed by atoms with Gasteiger partial charge in [-0.2, -0.15) is 0 Å². The van der Waals surface area contributed by atoms with Crippen LogP contribution in [0.1, 0.15) is 62.8 Å². The standard InChI is InChI=1S/C15H23N3O3/c1-9(2)13-16-8-11(12(18-13)14(19)20)17-10-5-6-21-15(3,4)7-10/h8-10,17H,5-7H2,1-4H3,(H,19,20). The summed E-state index contributed by atoms with van der Waals surface area (Å²) in [7, 11) is 0. The predicted octanol–water partition coefficient (Wildman–Crippen LogP) is 2.67. The number of carboxylic acids is 1. The van der Waals surface area contributed by atoms with Crippen LogP contribution in [0.15, 0.2) is 6.20 Å². The molecule has 6 heteroatoms. The highest BCUT2D eigenvalue weighted by Crippen LogP contribution is 2.27. The molecular formula is C15H23N3O3. The molecule has 0 bridgehead atoms. The van der Waals surface area contributed by atoms with Crippen molar-refractivity contribution in [2.45, 2.75) is 58.1 Å². The van der Waals surface area contributed by atoms with E-state index in [1.807, 2.05) is 27.7 Å². The Morgan fingerprint density at radius 2 is 2.24 bits per heavy atom. The van der Waals surface area contributed by atoms with Gasteiger partial charge in [0.15, 0.2) is 5.69 Å². The summed E-state index contributed by atoms with van der Waals surface area (Å²) in [6.45, 7) is 8.62. The molecule has 116 valence electrons. The summed E-state index contributed by atoms with van der Waals surface area (Å²) in [5, 5.41) is 12.6. The lowest BCUT2D eigenvalue weighted by Gasteiger charge is -2.36. The zero-order valence-electron chi connectivity index (χ0n) is 13.0. The van der Waals surface area contributed by atoms with Crippen molar-refractivity contribution >= 4 is 11.7 Å². The fraction of sp³-hybridized carbons (Fsp3) is 0.667. The molecule has 1 unspecified atom stereocenters. The number of nitrogens with zero attached hydrogens (tertiary/aromatic N) is 2. The molecule has 0 radical (unpaired) electrons. The van der Waals surface area contributed by atoms with E-state index in [2.05, 4.69) is 15.3 Å². The van der Waals surface area contributed by atoms with E-state index in [1.165, 1.54) is 0 Å². The Kier molecular flexibility index (Phi) is 4.46. The SMILES string of the molecule is CC(C)c1ncc(NC2CCOC(C)(C)C2)c(C(=O)O)n1. The highest BCUT2D eigenvalue weighted by Gasteiger charge is 2.29. The van der Waals surface area contributed by atoms with Gasteiger partial charge in [0.2, 0.25) is 0 Å². The molecule has 1 aromatic rings. The highest BCUT2D eigenvalue weighted by atomic mass is 16.5. The van der Waals surface area contributed by atoms with Crippen molar-refractivity contribution in [1.82, 2.24) is 9.97 Å². The van der Waals surface area contributed by atoms with Crippen LogP contribution in [0, 0.1) is 0 Å². The molecule has 2 N–H and O–H groups in total. The van der Waals surface area contributed by atoms with Gasteiger partial charge in [0.25, 0.3) is 0 Å². The lowest BCUT2D eigenvalue weighted by Crippen LogP contribution is -2.40. The average Bonchev–Trinajstić information content (AvgIpc) is 2.37. The maximum absolute atomic E-state index is 11.4. The molecule has 0 amide bonds. The second-order valence-corrected chi connectivity index (χ2v) is 6.39. The van der Waals surface area contributed by atoms with E-state index >= 15 is 0 Å². The summed E-state index contributed by atoms with van der Waals surface area (Å²) in [6, 6.07) is 0.167. The Balaban J connectivity index is 2.21. The molecule has 0 aromatic carbocycles. The lowest BCUT2D eigenvalue weighted by atomic mass is 9.94. The first-order valence-electron chi connectivity index (χ1n) is 7.29. The normalized spacial score (nSPS) is 21.3. The van der Waals surface area contributed by atoms with Crippen LogP contribution in [0.3, 0.4) is 0 Å². The van der Waals surface area contributed by atoms with Gasteiger partial charge in [0, 0.05) is 18.6 Å². The molecule has 0 saturated carbocycles. The summed E-state index contributed by atoms with van der Waals surface area (Å²) in [5.74, 6) is -0.391. The third-order valence-electron chi connectivity index (χ3n) is 3.58. The molecule has 2 heterocycles. The Bertz CT molecular complexity index is 529. The van der Waals surface area contributed by atoms with Crippen molar-refractivity contribution in [3.05, 3.63) is 17.7 Å². The van der Waals surface area contributed by atoms with E-state index in [4.69, 9.17) is 4.74 Å². The smallest absolute Gasteiger partial charge is 0.356 e. The second-order valence-electron chi connectivity index (χ2n) is 6.39. The highest BCUT2D eigenvalue weighted by molar-refractivity contribution is 5.91. The van der Waals surface area contributed by atoms with Crippen molar-refractivity contribution in [3.63, 3.8) is 0 Å². The first-order chi connectivity index (χ1) is 9.78. The first-order valence-corrected chi connectivity index (χ1v) is 7.29. The third-order valence-corrected chi connectivity index (χ3v) is 3.58. The molecule has 1 aliphatic heterocycles. The average molecular weight is 293 g/mol. The number of aromatic nitrogens is 2. The Labute approximate surface area is 124 Å². The van der Waals surface area contributed by atoms with Crippen LogP contribution in [0.5, 0.6) is 0 Å². The summed E-state index contributed by atoms with van der Waals surface area (Å²) in [6.07, 6.45) is 3.24. The van der Waals surface area contributed by atoms with Gasteiger partial charge in [-0.05, 0) is 26.7 Å². The largest absolute Gasteiger partial charge is 0.476 e. The minimum absolute atomic E-state index is 0.0398. The van der Waals surface area contributed by atoms with Gasteiger partial charge in [0.1, 0.15) is 5.82 Å². The van der Waals surface area contributed by atoms with E-state index in [1.54, 1.807) is 6.20 Å². The van der Waals surface area contributed by atoms with Gasteiger partial charge in [-0.15, -0.1) is 0 Å². The Morgan fingerprint density at radius 3 is 2.81 bits per heavy atom. The number of nitrogens with one attached hydrogen (secondary N) is 1. The van der Waals surface area contributed by atoms with Crippen LogP contribution in [0.25, 0.3) is 0 Å². The summed E-state index contributed by atoms with van der Waals surface area (Å²) in [5.41, 5.74) is 0.325. The van der Waals surface area contributed by atoms with Crippen LogP contribution in [0.2, 0.25) is 0 Å². The van der Waals surface area contributed by atoms with Crippen molar-refractivity contribution < 1.29 is 14.6 Å². The van der Waals surface area contributed by atoms with Gasteiger partial charge in [-0.3, -0.25) is 0 Å². The third kappa shape index (κ3) is 3.91. The van der Waals surface area contributed by atoms with E-state index in [0.29, 0.717) is 18.1 Å². The van der Waals surface area contributed by atoms with E-state index in [9.17, 15) is 9.90 Å². The van der Waals surface area contributed by atoms with Crippen LogP contribution in [0.4, 0.5) is 5.69 Å². The molecule has 0 aliphatic carbocycles. The molecule has 1 aromatic heterocycles. The number of ether oxygens (including phenoxy) is 1. The van der Waals surface area contributed by atoms with Crippen LogP contribution in [-0.4, -0.2) is 39.3 Å². The predicted molar refractivity (Wildman–Crippen MR) is 79.8 cm³/mol. The van der Waals surface area contributed by atoms with Gasteiger partial charge < -0.3 is 15.2 Å². The van der Waals surface area contributed by atoms with E-state index < -0.39 is 5.97 Å². The summed E-state index contributed by atoms with van der Waals surface area (Å²) in [4.78, 5) is 19.8. The molecule has 21 heavy (non-hydrogen) atoms. The molecule has 2 rings (SSSR count). The first kappa shape index (κ1) is 15.7. The topological polar surface area (TPSA) is 84.3 Å². The minimum atomic E-state index is -1.03. The quantitative estimate of drug-likeness (QED) is 0.888. The second kappa shape index (κ2) is 5.97. The van der Waals surface area contributed by atoms with E-state index in [-0.39, 0.29) is 23.3 Å². The number of carbonyl (C=O) groups is 1. The van der Waals surface area contributed by atoms with E-state index in [0.717, 1.165) is 12.8 Å². The molecule has 1 aliphatic rings. The number of hydrogen-bond donors (Lipinski definition) is 2. The zero-order valence-corrected chi connectivity index (χ0v) is 13.0. The summed E-state index contributed by atoms with van der Waals surface area (Å²) >= 11 is 0. The Hall–Kier alpha value is -1.69. The van der Waals surface area contributed by atoms with Gasteiger partial charge in [-0.25, -0.2) is 14.8 Å². The number of aromatic carboxylic acids is 1. The fourth-order valence-corrected chi connectivity index (χ4v) is 2.52. The Morgan fingerprint density at radius 1 is 1.52 bits per heavy atom. The van der Waals surface area contributed by atoms with Crippen LogP contribution >= 0.6 is 0 Å². The lowest BCUT2D eigenvalue weighted by molar-refractivity contribution is -0.0553. The molecule has 6 nitrogen and oxygen atoms in total. The molecule has 1 fully saturated rings. The number of rotatable bonds is 4. The minimum Gasteiger partial charge on any atom is -0.476 e. The number of hydrogen-bond acceptors (Lipinski definition) is 5. The van der Waals surface area contributed by atoms with Crippen molar-refractivity contribution in [2.24, 2.45) is 0 Å². The molecule has 1 atom stereocenters. The van der Waals surface area contributed by atoms with Crippen molar-refractivity contribution in [3.8, 4) is 0 Å². The molecule has 1 saturated heterocycles. The summed E-state index contributed by atoms with van der Waals surface area (Å²) < 4.78 is 5.67. The number of anilines is 1. The van der Waals surface area contributed by atoms with Gasteiger partial charge in [-0.1, -0.05) is 13.8 Å². The maximum Gasteiger partial charge on any atom is 0.356 e. The zero-order chi connectivity index (χ0) is 15.6. The monoisotopic (exact) mass is 293 g/mol. The maximum atomic E-state index is 11.4. The van der Waals surface area contributed by atoms with Crippen LogP contribution < -0.4 is 5.32 Å². The van der Waals surface area contributed by atoms with Gasteiger partial charge >= 0.3 is 5.97 Å². The molecule has 0 spiro atoms. The van der Waals surface area contributed by atoms with Gasteiger partial charge in [0.05, 0.1) is 17.5 Å².